The number of hydrogen-bond donors (Lipinski definition) is 1. The van der Waals surface area contributed by atoms with Crippen LogP contribution in [-0.2, 0) is 19.6 Å². The number of nitrogens with two attached hydrogens (primary N) is 1. The number of aromatic nitrogens is 1. The molecule has 33 heavy (non-hydrogen) atoms. The number of amides is 4. The van der Waals surface area contributed by atoms with Gasteiger partial charge in [0.05, 0.1) is 11.4 Å². The molecule has 11 heteroatoms. The monoisotopic (exact) mass is 472 g/mol. The SMILES string of the molecule is Cc1cc(C(=O)CN2C(=O)C(=O)N(C3CCCC3)C2=O)c(C)n1-c1ccc(S(N)(=O)=O)cc1. The highest BCUT2D eigenvalue weighted by atomic mass is 32.2. The highest BCUT2D eigenvalue weighted by molar-refractivity contribution is 7.89. The molecule has 0 unspecified atom stereocenters. The molecule has 0 atom stereocenters. The molecule has 1 aromatic heterocycles. The lowest BCUT2D eigenvalue weighted by atomic mass is 10.1. The zero-order valence-electron chi connectivity index (χ0n) is 18.3. The molecule has 0 spiro atoms. The van der Waals surface area contributed by atoms with Gasteiger partial charge >= 0.3 is 17.8 Å². The number of carbonyl (C=O) groups excluding carboxylic acids is 4. The Morgan fingerprint density at radius 2 is 1.64 bits per heavy atom. The van der Waals surface area contributed by atoms with Crippen molar-refractivity contribution in [1.29, 1.82) is 0 Å². The molecule has 0 bridgehead atoms. The number of sulfonamides is 1. The molecule has 2 aliphatic rings. The second-order valence-electron chi connectivity index (χ2n) is 8.37. The Labute approximate surface area is 191 Å². The fourth-order valence-corrected chi connectivity index (χ4v) is 5.12. The molecule has 10 nitrogen and oxygen atoms in total. The average Bonchev–Trinajstić information content (AvgIpc) is 3.43. The molecule has 2 fully saturated rings. The Balaban J connectivity index is 1.58. The first-order valence-corrected chi connectivity index (χ1v) is 12.1. The lowest BCUT2D eigenvalue weighted by Crippen LogP contribution is -2.41. The van der Waals surface area contributed by atoms with Gasteiger partial charge in [0.2, 0.25) is 10.0 Å². The van der Waals surface area contributed by atoms with Crippen molar-refractivity contribution >= 4 is 33.7 Å². The Bertz CT molecular complexity index is 1270. The van der Waals surface area contributed by atoms with Crippen LogP contribution in [0.1, 0.15) is 47.4 Å². The number of ketones is 1. The van der Waals surface area contributed by atoms with Crippen LogP contribution in [0.3, 0.4) is 0 Å². The zero-order valence-corrected chi connectivity index (χ0v) is 19.1. The molecule has 1 saturated heterocycles. The van der Waals surface area contributed by atoms with E-state index in [1.54, 1.807) is 36.6 Å². The number of rotatable bonds is 6. The van der Waals surface area contributed by atoms with Gasteiger partial charge in [0, 0.05) is 28.7 Å². The third kappa shape index (κ3) is 3.98. The topological polar surface area (TPSA) is 140 Å². The summed E-state index contributed by atoms with van der Waals surface area (Å²) in [5.74, 6) is -2.33. The normalized spacial score (nSPS) is 17.5. The van der Waals surface area contributed by atoms with Gasteiger partial charge in [0.25, 0.3) is 0 Å². The van der Waals surface area contributed by atoms with E-state index in [1.807, 2.05) is 0 Å². The lowest BCUT2D eigenvalue weighted by Gasteiger charge is -2.20. The molecule has 1 saturated carbocycles. The van der Waals surface area contributed by atoms with Gasteiger partial charge in [-0.2, -0.15) is 0 Å². The summed E-state index contributed by atoms with van der Waals surface area (Å²) in [5, 5.41) is 5.14. The second-order valence-corrected chi connectivity index (χ2v) is 9.93. The van der Waals surface area contributed by atoms with Crippen LogP contribution in [0.4, 0.5) is 4.79 Å². The fourth-order valence-electron chi connectivity index (χ4n) is 4.60. The summed E-state index contributed by atoms with van der Waals surface area (Å²) < 4.78 is 24.7. The van der Waals surface area contributed by atoms with E-state index in [0.29, 0.717) is 35.5 Å². The van der Waals surface area contributed by atoms with E-state index in [0.717, 1.165) is 22.6 Å². The standard InChI is InChI=1S/C22H24N4O6S/c1-13-11-18(14(2)25(13)16-7-9-17(10-8-16)33(23,31)32)19(27)12-24-20(28)21(29)26(22(24)30)15-5-3-4-6-15/h7-11,15H,3-6,12H2,1-2H3,(H2,23,31,32). The van der Waals surface area contributed by atoms with Crippen molar-refractivity contribution in [2.24, 2.45) is 5.14 Å². The van der Waals surface area contributed by atoms with E-state index >= 15 is 0 Å². The molecule has 1 aromatic carbocycles. The van der Waals surface area contributed by atoms with Crippen LogP contribution in [0.5, 0.6) is 0 Å². The predicted octanol–water partition coefficient (Wildman–Crippen LogP) is 1.66. The fraction of sp³-hybridized carbons (Fsp3) is 0.364. The number of imide groups is 2. The maximum absolute atomic E-state index is 13.0. The van der Waals surface area contributed by atoms with Gasteiger partial charge in [-0.1, -0.05) is 12.8 Å². The Morgan fingerprint density at radius 1 is 1.03 bits per heavy atom. The third-order valence-corrected chi connectivity index (χ3v) is 7.16. The van der Waals surface area contributed by atoms with Gasteiger partial charge in [0.1, 0.15) is 0 Å². The molecule has 174 valence electrons. The molecule has 2 N–H and O–H groups in total. The molecule has 2 aromatic rings. The molecular formula is C22H24N4O6S. The third-order valence-electron chi connectivity index (χ3n) is 6.23. The van der Waals surface area contributed by atoms with Crippen LogP contribution < -0.4 is 5.14 Å². The van der Waals surface area contributed by atoms with E-state index in [2.05, 4.69) is 0 Å². The van der Waals surface area contributed by atoms with E-state index < -0.39 is 40.2 Å². The van der Waals surface area contributed by atoms with Crippen LogP contribution in [0, 0.1) is 13.8 Å². The van der Waals surface area contributed by atoms with Crippen LogP contribution in [0.25, 0.3) is 5.69 Å². The van der Waals surface area contributed by atoms with Crippen molar-refractivity contribution in [3.05, 3.63) is 47.3 Å². The summed E-state index contributed by atoms with van der Waals surface area (Å²) in [4.78, 5) is 52.3. The highest BCUT2D eigenvalue weighted by Crippen LogP contribution is 2.28. The minimum atomic E-state index is -3.83. The lowest BCUT2D eigenvalue weighted by molar-refractivity contribution is -0.143. The zero-order chi connectivity index (χ0) is 24.1. The molecular weight excluding hydrogens is 448 g/mol. The first-order valence-electron chi connectivity index (χ1n) is 10.5. The van der Waals surface area contributed by atoms with Gasteiger partial charge in [-0.05, 0) is 57.0 Å². The van der Waals surface area contributed by atoms with Crippen LogP contribution in [-0.4, -0.2) is 59.0 Å². The molecule has 2 heterocycles. The minimum Gasteiger partial charge on any atom is -0.318 e. The minimum absolute atomic E-state index is 0.0347. The quantitative estimate of drug-likeness (QED) is 0.385. The molecule has 0 radical (unpaired) electrons. The number of Topliss-reactive ketones (excluding diaryl/α,β-unsaturated/α-hetero) is 1. The smallest absolute Gasteiger partial charge is 0.318 e. The summed E-state index contributed by atoms with van der Waals surface area (Å²) in [6.07, 6.45) is 3.11. The van der Waals surface area contributed by atoms with Crippen molar-refractivity contribution in [3.8, 4) is 5.69 Å². The first kappa shape index (κ1) is 22.9. The largest absolute Gasteiger partial charge is 0.334 e. The first-order chi connectivity index (χ1) is 15.5. The van der Waals surface area contributed by atoms with Crippen molar-refractivity contribution in [2.45, 2.75) is 50.5 Å². The van der Waals surface area contributed by atoms with E-state index in [1.165, 1.54) is 12.1 Å². The van der Waals surface area contributed by atoms with Gasteiger partial charge in [-0.3, -0.25) is 19.3 Å². The number of urea groups is 1. The number of aryl methyl sites for hydroxylation is 1. The number of hydrogen-bond acceptors (Lipinski definition) is 6. The average molecular weight is 473 g/mol. The van der Waals surface area contributed by atoms with E-state index in [9.17, 15) is 27.6 Å². The summed E-state index contributed by atoms with van der Waals surface area (Å²) in [6.45, 7) is 2.95. The Hall–Kier alpha value is -3.31. The summed E-state index contributed by atoms with van der Waals surface area (Å²) in [6, 6.07) is 6.48. The molecule has 1 aliphatic carbocycles. The van der Waals surface area contributed by atoms with Crippen molar-refractivity contribution in [1.82, 2.24) is 14.4 Å². The van der Waals surface area contributed by atoms with Crippen molar-refractivity contribution in [2.75, 3.05) is 6.54 Å². The van der Waals surface area contributed by atoms with Crippen LogP contribution in [0.2, 0.25) is 0 Å². The highest BCUT2D eigenvalue weighted by Gasteiger charge is 2.48. The predicted molar refractivity (Wildman–Crippen MR) is 117 cm³/mol. The second kappa shape index (κ2) is 8.23. The maximum atomic E-state index is 13.0. The number of nitrogens with zero attached hydrogens (tertiary/aromatic N) is 3. The van der Waals surface area contributed by atoms with Crippen LogP contribution >= 0.6 is 0 Å². The molecule has 4 amide bonds. The van der Waals surface area contributed by atoms with Gasteiger partial charge in [-0.15, -0.1) is 0 Å². The van der Waals surface area contributed by atoms with E-state index in [-0.39, 0.29) is 10.9 Å². The van der Waals surface area contributed by atoms with Crippen molar-refractivity contribution < 1.29 is 27.6 Å². The van der Waals surface area contributed by atoms with Gasteiger partial charge in [0.15, 0.2) is 5.78 Å². The summed E-state index contributed by atoms with van der Waals surface area (Å²) in [5.41, 5.74) is 2.17. The summed E-state index contributed by atoms with van der Waals surface area (Å²) >= 11 is 0. The summed E-state index contributed by atoms with van der Waals surface area (Å²) in [7, 11) is -3.83. The number of carbonyl (C=O) groups is 4. The molecule has 4 rings (SSSR count). The molecule has 1 aliphatic heterocycles. The number of benzene rings is 1. The van der Waals surface area contributed by atoms with Crippen LogP contribution in [0.15, 0.2) is 35.2 Å². The van der Waals surface area contributed by atoms with Crippen molar-refractivity contribution in [3.63, 3.8) is 0 Å². The maximum Gasteiger partial charge on any atom is 0.334 e. The van der Waals surface area contributed by atoms with E-state index in [4.69, 9.17) is 5.14 Å². The number of primary sulfonamides is 1. The Kier molecular flexibility index (Phi) is 5.71. The van der Waals surface area contributed by atoms with Gasteiger partial charge < -0.3 is 4.57 Å². The Morgan fingerprint density at radius 3 is 2.21 bits per heavy atom. The van der Waals surface area contributed by atoms with Gasteiger partial charge in [-0.25, -0.2) is 23.3 Å².